The van der Waals surface area contributed by atoms with Crippen LogP contribution in [0.2, 0.25) is 0 Å². The second-order valence-electron chi connectivity index (χ2n) is 4.97. The zero-order valence-electron chi connectivity index (χ0n) is 12.3. The van der Waals surface area contributed by atoms with Gasteiger partial charge in [-0.2, -0.15) is 0 Å². The lowest BCUT2D eigenvalue weighted by molar-refractivity contribution is 0.0693. The minimum Gasteiger partial charge on any atom is -0.507 e. The first kappa shape index (κ1) is 17.5. The molecule has 0 aromatic heterocycles. The van der Waals surface area contributed by atoms with Gasteiger partial charge in [0.15, 0.2) is 0 Å². The zero-order chi connectivity index (χ0) is 16.2. The van der Waals surface area contributed by atoms with E-state index in [2.05, 4.69) is 4.72 Å². The number of aromatic carboxylic acids is 1. The Bertz CT molecular complexity index is 608. The molecule has 6 nitrogen and oxygen atoms in total. The van der Waals surface area contributed by atoms with E-state index >= 15 is 0 Å². The molecular weight excluding hydrogens is 294 g/mol. The molecule has 0 amide bonds. The average Bonchev–Trinajstić information content (AvgIpc) is 2.39. The number of carboxylic acid groups (broad SMARTS) is 1. The van der Waals surface area contributed by atoms with Crippen LogP contribution in [0.4, 0.5) is 0 Å². The van der Waals surface area contributed by atoms with Crippen molar-refractivity contribution in [3.8, 4) is 5.75 Å². The molecule has 0 bridgehead atoms. The Kier molecular flexibility index (Phi) is 5.74. The molecule has 0 aliphatic rings. The summed E-state index contributed by atoms with van der Waals surface area (Å²) in [6.07, 6.45) is 1.69. The minimum absolute atomic E-state index is 0.171. The van der Waals surface area contributed by atoms with Gasteiger partial charge in [-0.3, -0.25) is 0 Å². The van der Waals surface area contributed by atoms with Crippen molar-refractivity contribution in [2.75, 3.05) is 0 Å². The van der Waals surface area contributed by atoms with Crippen LogP contribution >= 0.6 is 0 Å². The van der Waals surface area contributed by atoms with E-state index in [1.807, 2.05) is 13.8 Å². The van der Waals surface area contributed by atoms with Gasteiger partial charge in [0.05, 0.1) is 4.90 Å². The lowest BCUT2D eigenvalue weighted by Crippen LogP contribution is -2.37. The molecule has 1 atom stereocenters. The van der Waals surface area contributed by atoms with E-state index < -0.39 is 27.3 Å². The largest absolute Gasteiger partial charge is 0.507 e. The van der Waals surface area contributed by atoms with E-state index in [1.165, 1.54) is 6.07 Å². The van der Waals surface area contributed by atoms with Gasteiger partial charge in [-0.05, 0) is 31.0 Å². The van der Waals surface area contributed by atoms with Crippen LogP contribution < -0.4 is 4.72 Å². The van der Waals surface area contributed by atoms with Crippen molar-refractivity contribution >= 4 is 16.0 Å². The average molecular weight is 315 g/mol. The van der Waals surface area contributed by atoms with Crippen molar-refractivity contribution in [1.29, 1.82) is 0 Å². The van der Waals surface area contributed by atoms with Gasteiger partial charge >= 0.3 is 5.97 Å². The van der Waals surface area contributed by atoms with Crippen LogP contribution in [0.15, 0.2) is 23.1 Å². The Balaban J connectivity index is 3.09. The third-order valence-corrected chi connectivity index (χ3v) is 5.16. The number of carboxylic acids is 1. The molecular formula is C14H21NO5S. The van der Waals surface area contributed by atoms with E-state index in [9.17, 15) is 18.3 Å². The number of hydrogen-bond acceptors (Lipinski definition) is 4. The van der Waals surface area contributed by atoms with Crippen molar-refractivity contribution in [2.45, 2.75) is 44.6 Å². The molecule has 0 saturated heterocycles. The number of nitrogens with one attached hydrogen (secondary N) is 1. The second kappa shape index (κ2) is 6.91. The molecule has 0 spiro atoms. The van der Waals surface area contributed by atoms with Gasteiger partial charge in [0, 0.05) is 6.04 Å². The SMILES string of the molecule is CCC(CC)C(C)NS(=O)(=O)c1ccc(O)c(C(=O)O)c1. The molecule has 0 heterocycles. The van der Waals surface area contributed by atoms with Gasteiger partial charge in [0.2, 0.25) is 10.0 Å². The minimum atomic E-state index is -3.82. The number of carbonyl (C=O) groups is 1. The third-order valence-electron chi connectivity index (χ3n) is 3.61. The van der Waals surface area contributed by atoms with E-state index in [0.29, 0.717) is 0 Å². The Morgan fingerprint density at radius 2 is 1.86 bits per heavy atom. The summed E-state index contributed by atoms with van der Waals surface area (Å²) in [4.78, 5) is 10.8. The van der Waals surface area contributed by atoms with Crippen LogP contribution in [-0.2, 0) is 10.0 Å². The Morgan fingerprint density at radius 1 is 1.29 bits per heavy atom. The van der Waals surface area contributed by atoms with E-state index in [4.69, 9.17) is 5.11 Å². The van der Waals surface area contributed by atoms with Crippen LogP contribution in [0.1, 0.15) is 44.0 Å². The summed E-state index contributed by atoms with van der Waals surface area (Å²) in [5.41, 5.74) is -0.437. The predicted molar refractivity (Wildman–Crippen MR) is 78.9 cm³/mol. The zero-order valence-corrected chi connectivity index (χ0v) is 13.1. The Hall–Kier alpha value is -1.60. The van der Waals surface area contributed by atoms with Gasteiger partial charge in [-0.1, -0.05) is 26.7 Å². The molecule has 0 aliphatic heterocycles. The maximum Gasteiger partial charge on any atom is 0.339 e. The summed E-state index contributed by atoms with van der Waals surface area (Å²) < 4.78 is 27.1. The van der Waals surface area contributed by atoms with Crippen LogP contribution in [0.5, 0.6) is 5.75 Å². The Morgan fingerprint density at radius 3 is 2.33 bits per heavy atom. The van der Waals surface area contributed by atoms with E-state index in [0.717, 1.165) is 25.0 Å². The highest BCUT2D eigenvalue weighted by atomic mass is 32.2. The van der Waals surface area contributed by atoms with Gasteiger partial charge in [-0.15, -0.1) is 0 Å². The highest BCUT2D eigenvalue weighted by Crippen LogP contribution is 2.22. The molecule has 0 fully saturated rings. The number of rotatable bonds is 7. The van der Waals surface area contributed by atoms with Gasteiger partial charge in [0.25, 0.3) is 0 Å². The fourth-order valence-corrected chi connectivity index (χ4v) is 3.60. The first-order valence-electron chi connectivity index (χ1n) is 6.81. The van der Waals surface area contributed by atoms with E-state index in [-0.39, 0.29) is 16.9 Å². The summed E-state index contributed by atoms with van der Waals surface area (Å²) in [6, 6.07) is 2.95. The molecule has 7 heteroatoms. The standard InChI is InChI=1S/C14H21NO5S/c1-4-10(5-2)9(3)15-21(19,20)11-6-7-13(16)12(8-11)14(17)18/h6-10,15-16H,4-5H2,1-3H3,(H,17,18). The van der Waals surface area contributed by atoms with Crippen LogP contribution in [-0.4, -0.2) is 30.6 Å². The highest BCUT2D eigenvalue weighted by Gasteiger charge is 2.23. The first-order chi connectivity index (χ1) is 9.72. The van der Waals surface area contributed by atoms with Gasteiger partial charge in [0.1, 0.15) is 11.3 Å². The second-order valence-corrected chi connectivity index (χ2v) is 6.68. The predicted octanol–water partition coefficient (Wildman–Crippen LogP) is 2.19. The fraction of sp³-hybridized carbons (Fsp3) is 0.500. The van der Waals surface area contributed by atoms with Crippen molar-refractivity contribution in [1.82, 2.24) is 4.72 Å². The lowest BCUT2D eigenvalue weighted by atomic mass is 9.96. The quantitative estimate of drug-likeness (QED) is 0.715. The van der Waals surface area contributed by atoms with Crippen molar-refractivity contribution in [3.63, 3.8) is 0 Å². The summed E-state index contributed by atoms with van der Waals surface area (Å²) in [6.45, 7) is 5.76. The highest BCUT2D eigenvalue weighted by molar-refractivity contribution is 7.89. The maximum atomic E-state index is 12.3. The van der Waals surface area contributed by atoms with Crippen molar-refractivity contribution in [3.05, 3.63) is 23.8 Å². The van der Waals surface area contributed by atoms with Crippen molar-refractivity contribution in [2.24, 2.45) is 5.92 Å². The smallest absolute Gasteiger partial charge is 0.339 e. The molecule has 21 heavy (non-hydrogen) atoms. The Labute approximate surface area is 124 Å². The number of benzene rings is 1. The molecule has 0 radical (unpaired) electrons. The normalized spacial score (nSPS) is 13.3. The molecule has 1 unspecified atom stereocenters. The number of sulfonamides is 1. The summed E-state index contributed by atoms with van der Waals surface area (Å²) >= 11 is 0. The summed E-state index contributed by atoms with van der Waals surface area (Å²) in [7, 11) is -3.82. The van der Waals surface area contributed by atoms with Gasteiger partial charge in [-0.25, -0.2) is 17.9 Å². The molecule has 3 N–H and O–H groups in total. The molecule has 0 saturated carbocycles. The maximum absolute atomic E-state index is 12.3. The van der Waals surface area contributed by atoms with E-state index in [1.54, 1.807) is 6.92 Å². The molecule has 1 aromatic carbocycles. The van der Waals surface area contributed by atoms with Gasteiger partial charge < -0.3 is 10.2 Å². The third kappa shape index (κ3) is 4.18. The summed E-state index contributed by atoms with van der Waals surface area (Å²) in [5.74, 6) is -1.64. The summed E-state index contributed by atoms with van der Waals surface area (Å²) in [5, 5.41) is 18.3. The molecule has 1 aromatic rings. The number of phenols is 1. The number of hydrogen-bond donors (Lipinski definition) is 3. The van der Waals surface area contributed by atoms with Crippen LogP contribution in [0.25, 0.3) is 0 Å². The van der Waals surface area contributed by atoms with Crippen molar-refractivity contribution < 1.29 is 23.4 Å². The van der Waals surface area contributed by atoms with Crippen LogP contribution in [0, 0.1) is 5.92 Å². The molecule has 0 aliphatic carbocycles. The molecule has 118 valence electrons. The lowest BCUT2D eigenvalue weighted by Gasteiger charge is -2.22. The fourth-order valence-electron chi connectivity index (χ4n) is 2.26. The topological polar surface area (TPSA) is 104 Å². The first-order valence-corrected chi connectivity index (χ1v) is 8.29. The number of aromatic hydroxyl groups is 1. The monoisotopic (exact) mass is 315 g/mol. The van der Waals surface area contributed by atoms with Crippen LogP contribution in [0.3, 0.4) is 0 Å². The molecule has 1 rings (SSSR count).